The molecule has 1 heterocycles. The monoisotopic (exact) mass is 373 g/mol. The molecule has 1 aliphatic heterocycles. The van der Waals surface area contributed by atoms with Gasteiger partial charge in [0.05, 0.1) is 0 Å². The van der Waals surface area contributed by atoms with E-state index < -0.39 is 54.5 Å². The third-order valence-electron chi connectivity index (χ3n) is 3.14. The summed E-state index contributed by atoms with van der Waals surface area (Å²) in [6, 6.07) is -1.29. The van der Waals surface area contributed by atoms with Gasteiger partial charge < -0.3 is 23.7 Å². The Balaban J connectivity index is 3.27. The van der Waals surface area contributed by atoms with Crippen molar-refractivity contribution in [3.8, 4) is 0 Å². The van der Waals surface area contributed by atoms with Crippen molar-refractivity contribution in [2.45, 2.75) is 58.3 Å². The molecule has 0 spiro atoms. The molecule has 12 heteroatoms. The third-order valence-corrected chi connectivity index (χ3v) is 3.14. The number of nitrogens with zero attached hydrogens (tertiary/aromatic N) is 3. The van der Waals surface area contributed by atoms with E-state index in [4.69, 9.17) is 29.2 Å². The van der Waals surface area contributed by atoms with E-state index in [2.05, 4.69) is 10.0 Å². The van der Waals surface area contributed by atoms with Gasteiger partial charge in [-0.3, -0.25) is 19.2 Å². The number of hydrogen-bond donors (Lipinski definition) is 0. The molecule has 0 aromatic carbocycles. The van der Waals surface area contributed by atoms with E-state index in [1.165, 1.54) is 0 Å². The van der Waals surface area contributed by atoms with Crippen LogP contribution >= 0.6 is 0 Å². The number of esters is 4. The fourth-order valence-electron chi connectivity index (χ4n) is 2.33. The number of ether oxygens (including phenoxy) is 5. The highest BCUT2D eigenvalue weighted by Gasteiger charge is 2.51. The summed E-state index contributed by atoms with van der Waals surface area (Å²) in [4.78, 5) is 47.9. The van der Waals surface area contributed by atoms with Gasteiger partial charge in [-0.15, -0.1) is 0 Å². The van der Waals surface area contributed by atoms with Crippen LogP contribution in [0.3, 0.4) is 0 Å². The molecule has 0 radical (unpaired) electrons. The Morgan fingerprint density at radius 2 is 1.46 bits per heavy atom. The fourth-order valence-corrected chi connectivity index (χ4v) is 2.33. The average molecular weight is 373 g/mol. The molecule has 26 heavy (non-hydrogen) atoms. The summed E-state index contributed by atoms with van der Waals surface area (Å²) in [5, 5.41) is 3.50. The van der Waals surface area contributed by atoms with Crippen molar-refractivity contribution in [1.82, 2.24) is 0 Å². The average Bonchev–Trinajstić information content (AvgIpc) is 2.50. The number of rotatable bonds is 6. The maximum Gasteiger partial charge on any atom is 0.305 e. The van der Waals surface area contributed by atoms with Crippen LogP contribution in [0, 0.1) is 0 Å². The summed E-state index contributed by atoms with van der Waals surface area (Å²) >= 11 is 0. The van der Waals surface area contributed by atoms with Gasteiger partial charge in [-0.05, 0) is 5.53 Å². The standard InChI is InChI=1S/C14H19N3O9/c1-6(18)22-5-10-12(23-7(2)19)11(16-17-15)13(24-8(3)20)14(26-10)25-9(4)21/h10-14H,5H2,1-4H3/t10?,11?,12-,13+,14+/m0/s1. The molecule has 0 bridgehead atoms. The normalized spacial score (nSPS) is 27.5. The minimum Gasteiger partial charge on any atom is -0.463 e. The van der Waals surface area contributed by atoms with E-state index >= 15 is 0 Å². The molecule has 0 saturated carbocycles. The molecule has 0 aromatic rings. The Bertz CT molecular complexity index is 617. The fraction of sp³-hybridized carbons (Fsp3) is 0.714. The molecule has 144 valence electrons. The maximum atomic E-state index is 11.4. The molecule has 12 nitrogen and oxygen atoms in total. The minimum atomic E-state index is -1.46. The third kappa shape index (κ3) is 6.22. The molecule has 0 aromatic heterocycles. The van der Waals surface area contributed by atoms with Crippen molar-refractivity contribution in [2.75, 3.05) is 6.61 Å². The van der Waals surface area contributed by atoms with Gasteiger partial charge in [0.1, 0.15) is 24.9 Å². The van der Waals surface area contributed by atoms with E-state index in [1.807, 2.05) is 0 Å². The summed E-state index contributed by atoms with van der Waals surface area (Å²) in [6.45, 7) is 4.06. The van der Waals surface area contributed by atoms with Crippen LogP contribution in [0.2, 0.25) is 0 Å². The first-order chi connectivity index (χ1) is 12.1. The Kier molecular flexibility index (Phi) is 7.81. The van der Waals surface area contributed by atoms with E-state index in [-0.39, 0.29) is 6.61 Å². The Morgan fingerprint density at radius 3 is 1.92 bits per heavy atom. The van der Waals surface area contributed by atoms with Crippen LogP contribution in [-0.4, -0.2) is 61.1 Å². The predicted octanol–water partition coefficient (Wildman–Crippen LogP) is 0.380. The van der Waals surface area contributed by atoms with Gasteiger partial charge in [0.25, 0.3) is 0 Å². The minimum absolute atomic E-state index is 0.380. The van der Waals surface area contributed by atoms with Crippen LogP contribution in [0.4, 0.5) is 0 Å². The smallest absolute Gasteiger partial charge is 0.305 e. The van der Waals surface area contributed by atoms with Crippen molar-refractivity contribution < 1.29 is 42.9 Å². The lowest BCUT2D eigenvalue weighted by atomic mass is 9.96. The number of carbonyl (C=O) groups excluding carboxylic acids is 4. The summed E-state index contributed by atoms with van der Waals surface area (Å²) in [7, 11) is 0. The largest absolute Gasteiger partial charge is 0.463 e. The summed E-state index contributed by atoms with van der Waals surface area (Å²) in [5.74, 6) is -2.91. The zero-order valence-electron chi connectivity index (χ0n) is 14.6. The zero-order chi connectivity index (χ0) is 19.9. The van der Waals surface area contributed by atoms with Gasteiger partial charge in [0, 0.05) is 32.6 Å². The highest BCUT2D eigenvalue weighted by atomic mass is 16.7. The van der Waals surface area contributed by atoms with Crippen LogP contribution in [-0.2, 0) is 42.9 Å². The molecule has 1 saturated heterocycles. The summed E-state index contributed by atoms with van der Waals surface area (Å²) in [5.41, 5.74) is 8.84. The van der Waals surface area contributed by atoms with Gasteiger partial charge in [0.15, 0.2) is 6.10 Å². The van der Waals surface area contributed by atoms with Gasteiger partial charge in [-0.25, -0.2) is 0 Å². The van der Waals surface area contributed by atoms with Crippen LogP contribution in [0.15, 0.2) is 5.11 Å². The van der Waals surface area contributed by atoms with Crippen LogP contribution in [0.1, 0.15) is 27.7 Å². The van der Waals surface area contributed by atoms with Gasteiger partial charge in [-0.2, -0.15) is 0 Å². The molecule has 2 unspecified atom stereocenters. The Hall–Kier alpha value is -2.85. The molecule has 1 aliphatic rings. The summed E-state index contributed by atoms with van der Waals surface area (Å²) in [6.07, 6.45) is -5.21. The maximum absolute atomic E-state index is 11.4. The Morgan fingerprint density at radius 1 is 0.923 bits per heavy atom. The molecule has 0 amide bonds. The number of azide groups is 1. The molecule has 0 aliphatic carbocycles. The second-order valence-electron chi connectivity index (χ2n) is 5.30. The van der Waals surface area contributed by atoms with Gasteiger partial charge in [0.2, 0.25) is 6.29 Å². The number of hydrogen-bond acceptors (Lipinski definition) is 10. The quantitative estimate of drug-likeness (QED) is 0.210. The topological polar surface area (TPSA) is 163 Å². The SMILES string of the molecule is CC(=O)OCC1O[C@@H](OC(C)=O)[C@H](OC(C)=O)C(N=[N+]=[N-])[C@H]1OC(C)=O. The predicted molar refractivity (Wildman–Crippen MR) is 81.1 cm³/mol. The van der Waals surface area contributed by atoms with Gasteiger partial charge in [-0.1, -0.05) is 5.11 Å². The van der Waals surface area contributed by atoms with Crippen LogP contribution in [0.25, 0.3) is 10.4 Å². The second-order valence-corrected chi connectivity index (χ2v) is 5.30. The van der Waals surface area contributed by atoms with Crippen molar-refractivity contribution in [2.24, 2.45) is 5.11 Å². The lowest BCUT2D eigenvalue weighted by molar-refractivity contribution is -0.275. The Labute approximate surface area is 148 Å². The van der Waals surface area contributed by atoms with Crippen molar-refractivity contribution in [3.63, 3.8) is 0 Å². The van der Waals surface area contributed by atoms with Crippen molar-refractivity contribution in [3.05, 3.63) is 10.4 Å². The van der Waals surface area contributed by atoms with E-state index in [9.17, 15) is 19.2 Å². The van der Waals surface area contributed by atoms with Crippen LogP contribution in [0.5, 0.6) is 0 Å². The molecular weight excluding hydrogens is 354 g/mol. The van der Waals surface area contributed by atoms with E-state index in [1.54, 1.807) is 0 Å². The molecule has 1 fully saturated rings. The van der Waals surface area contributed by atoms with E-state index in [0.717, 1.165) is 27.7 Å². The van der Waals surface area contributed by atoms with Gasteiger partial charge >= 0.3 is 23.9 Å². The summed E-state index contributed by atoms with van der Waals surface area (Å²) < 4.78 is 25.5. The van der Waals surface area contributed by atoms with E-state index in [0.29, 0.717) is 0 Å². The first-order valence-corrected chi connectivity index (χ1v) is 7.50. The molecular formula is C14H19N3O9. The molecule has 5 atom stereocenters. The first-order valence-electron chi connectivity index (χ1n) is 7.50. The zero-order valence-corrected chi connectivity index (χ0v) is 14.6. The lowest BCUT2D eigenvalue weighted by Crippen LogP contribution is -2.61. The highest BCUT2D eigenvalue weighted by Crippen LogP contribution is 2.29. The molecule has 0 N–H and O–H groups in total. The van der Waals surface area contributed by atoms with Crippen molar-refractivity contribution >= 4 is 23.9 Å². The highest BCUT2D eigenvalue weighted by molar-refractivity contribution is 5.68. The van der Waals surface area contributed by atoms with Crippen LogP contribution < -0.4 is 0 Å². The second kappa shape index (κ2) is 9.59. The number of carbonyl (C=O) groups is 4. The first kappa shape index (κ1) is 21.2. The lowest BCUT2D eigenvalue weighted by Gasteiger charge is -2.42. The molecule has 1 rings (SSSR count). The van der Waals surface area contributed by atoms with Crippen molar-refractivity contribution in [1.29, 1.82) is 0 Å².